The van der Waals surface area contributed by atoms with Crippen LogP contribution in [-0.4, -0.2) is 136 Å². The Bertz CT molecular complexity index is 2900. The second-order valence-electron chi connectivity index (χ2n) is 21.5. The summed E-state index contributed by atoms with van der Waals surface area (Å²) in [6.07, 6.45) is 8.96. The number of piperazine rings is 1. The molecule has 2 saturated carbocycles. The Morgan fingerprint density at radius 1 is 0.880 bits per heavy atom. The molecule has 10 rings (SSSR count). The molecular formula is C55H67Cl2FN8O9. The van der Waals surface area contributed by atoms with E-state index in [9.17, 15) is 33.9 Å². The fraction of sp³-hybridized carbons (Fsp3) is 0.564. The molecule has 5 N–H and O–H groups in total. The van der Waals surface area contributed by atoms with E-state index in [1.54, 1.807) is 31.3 Å². The number of nitrogens with zero attached hydrogens (tertiary/aromatic N) is 4. The molecule has 0 radical (unpaired) electrons. The number of nitrogens with one attached hydrogen (secondary N) is 4. The van der Waals surface area contributed by atoms with Crippen LogP contribution in [0, 0.1) is 11.7 Å². The normalized spacial score (nSPS) is 27.0. The molecule has 2 spiro atoms. The fourth-order valence-electron chi connectivity index (χ4n) is 13.6. The summed E-state index contributed by atoms with van der Waals surface area (Å²) in [5.74, 6) is -3.48. The first-order valence-corrected chi connectivity index (χ1v) is 27.5. The number of piperidine rings is 1. The van der Waals surface area contributed by atoms with Gasteiger partial charge in [0.1, 0.15) is 23.3 Å². The number of carboxylic acid groups (broad SMARTS) is 1. The lowest BCUT2D eigenvalue weighted by Crippen LogP contribution is -2.60. The van der Waals surface area contributed by atoms with E-state index >= 15 is 4.39 Å². The summed E-state index contributed by atoms with van der Waals surface area (Å²) >= 11 is 12.9. The van der Waals surface area contributed by atoms with Crippen molar-refractivity contribution in [2.24, 2.45) is 13.0 Å². The highest BCUT2D eigenvalue weighted by Crippen LogP contribution is 2.63. The Kier molecular flexibility index (Phi) is 15.9. The molecule has 6 aliphatic rings. The molecule has 4 amide bonds. The third-order valence-electron chi connectivity index (χ3n) is 17.2. The first-order chi connectivity index (χ1) is 36.2. The number of imide groups is 1. The number of aromatic nitrogens is 2. The zero-order valence-corrected chi connectivity index (χ0v) is 43.9. The van der Waals surface area contributed by atoms with Gasteiger partial charge in [-0.1, -0.05) is 66.7 Å². The van der Waals surface area contributed by atoms with Crippen molar-refractivity contribution in [1.82, 2.24) is 34.9 Å². The summed E-state index contributed by atoms with van der Waals surface area (Å²) in [4.78, 5) is 83.6. The fourth-order valence-corrected chi connectivity index (χ4v) is 13.9. The number of carbonyl (C=O) groups excluding carboxylic acids is 4. The van der Waals surface area contributed by atoms with E-state index in [1.165, 1.54) is 15.2 Å². The van der Waals surface area contributed by atoms with Crippen molar-refractivity contribution >= 4 is 69.5 Å². The summed E-state index contributed by atoms with van der Waals surface area (Å²) < 4.78 is 31.1. The van der Waals surface area contributed by atoms with E-state index in [1.807, 2.05) is 24.3 Å². The summed E-state index contributed by atoms with van der Waals surface area (Å²) in [6.45, 7) is 4.79. The average molecular weight is 1070 g/mol. The molecule has 1 aromatic heterocycles. The van der Waals surface area contributed by atoms with E-state index in [0.717, 1.165) is 62.6 Å². The van der Waals surface area contributed by atoms with Crippen molar-refractivity contribution in [2.75, 3.05) is 64.5 Å². The van der Waals surface area contributed by atoms with Gasteiger partial charge >= 0.3 is 11.7 Å². The number of fused-ring (bicyclic) bond motifs is 4. The van der Waals surface area contributed by atoms with E-state index in [0.29, 0.717) is 100 Å². The Balaban J connectivity index is 0.671. The first kappa shape index (κ1) is 53.2. The molecule has 4 aliphatic heterocycles. The lowest BCUT2D eigenvalue weighted by molar-refractivity contribution is -0.146. The highest BCUT2D eigenvalue weighted by Gasteiger charge is 2.72. The van der Waals surface area contributed by atoms with Gasteiger partial charge in [0, 0.05) is 81.0 Å². The monoisotopic (exact) mass is 1070 g/mol. The molecule has 75 heavy (non-hydrogen) atoms. The number of halogens is 3. The minimum Gasteiger partial charge on any atom is -0.480 e. The first-order valence-electron chi connectivity index (χ1n) is 26.7. The van der Waals surface area contributed by atoms with Crippen LogP contribution in [0.25, 0.3) is 11.0 Å². The van der Waals surface area contributed by atoms with E-state index in [-0.39, 0.29) is 58.8 Å². The summed E-state index contributed by atoms with van der Waals surface area (Å²) in [6, 6.07) is 13.4. The maximum Gasteiger partial charge on any atom is 0.329 e. The van der Waals surface area contributed by atoms with Gasteiger partial charge in [0.05, 0.1) is 41.9 Å². The number of hydrogen-bond acceptors (Lipinski definition) is 11. The number of rotatable bonds is 17. The van der Waals surface area contributed by atoms with Crippen molar-refractivity contribution in [1.29, 1.82) is 0 Å². The van der Waals surface area contributed by atoms with Crippen LogP contribution in [-0.2, 0) is 52.3 Å². The molecule has 0 bridgehead atoms. The third-order valence-corrected chi connectivity index (χ3v) is 17.7. The summed E-state index contributed by atoms with van der Waals surface area (Å²) in [5, 5.41) is 23.2. The Hall–Kier alpha value is -5.21. The van der Waals surface area contributed by atoms with Gasteiger partial charge in [0.25, 0.3) is 0 Å². The lowest BCUT2D eigenvalue weighted by atomic mass is 9.55. The maximum atomic E-state index is 16.4. The molecule has 17 nitrogen and oxygen atoms in total. The number of aryl methyl sites for hydroxylation is 2. The summed E-state index contributed by atoms with van der Waals surface area (Å²) in [7, 11) is 1.68. The minimum atomic E-state index is -1.31. The second kappa shape index (κ2) is 22.4. The summed E-state index contributed by atoms with van der Waals surface area (Å²) in [5.41, 5.74) is 1.49. The number of anilines is 1. The Morgan fingerprint density at radius 2 is 1.65 bits per heavy atom. The maximum absolute atomic E-state index is 16.4. The predicted octanol–water partition coefficient (Wildman–Crippen LogP) is 5.82. The van der Waals surface area contributed by atoms with Crippen LogP contribution >= 0.6 is 23.2 Å². The van der Waals surface area contributed by atoms with E-state index in [2.05, 4.69) is 31.1 Å². The van der Waals surface area contributed by atoms with Gasteiger partial charge in [-0.25, -0.2) is 9.18 Å². The zero-order chi connectivity index (χ0) is 52.6. The minimum absolute atomic E-state index is 0.0733. The number of carbonyl (C=O) groups is 5. The zero-order valence-electron chi connectivity index (χ0n) is 42.4. The molecule has 5 heterocycles. The smallest absolute Gasteiger partial charge is 0.329 e. The SMILES string of the molecule is Cn1c(=O)n(C2CCC(=O)NC2=O)c2ccc(CCCOCCOCCN3CCN(CC4CCC(NC(=O)[C@@H]5NC6(CCCCC6)[C@@]6(C(=O)Nc7cc(Cl)ccc76)[C@H]5c5cccc(Cl)c5F)CC4)[C@H](C(=O)O)C3)cc21. The Morgan fingerprint density at radius 3 is 2.41 bits per heavy atom. The number of aliphatic carboxylic acids is 1. The lowest BCUT2D eigenvalue weighted by Gasteiger charge is -2.47. The molecule has 5 fully saturated rings. The van der Waals surface area contributed by atoms with Gasteiger partial charge in [0.15, 0.2) is 0 Å². The standard InChI is InChI=1S/C55H67Cl2FN8O9/c1-63-43-29-33(12-17-41(43)66(53(63)73)42-18-19-45(67)61-49(42)68)7-6-25-74-27-28-75-26-24-64-22-23-65(44(32-64)51(70)71)31-34-10-14-36(15-11-34)59-50(69)48-46(37-8-5-9-39(57)47(37)58)55(54(62-48)20-3-2-4-21-54)38-16-13-35(56)30-40(38)60-52(55)72/h5,8-9,12-13,16-17,29-30,34,36,42,44,46,48,62H,2-4,6-7,10-11,14-15,18-28,31-32H2,1H3,(H,59,69)(H,60,72)(H,70,71)(H,61,67,68)/t34?,36?,42?,44-,46-,48+,55+/m0/s1. The molecule has 3 aromatic carbocycles. The van der Waals surface area contributed by atoms with Crippen LogP contribution < -0.4 is 27.0 Å². The molecule has 2 aliphatic carbocycles. The topological polar surface area (TPSA) is 206 Å². The second-order valence-corrected chi connectivity index (χ2v) is 22.4. The van der Waals surface area contributed by atoms with Crippen LogP contribution in [0.2, 0.25) is 10.0 Å². The van der Waals surface area contributed by atoms with Crippen molar-refractivity contribution < 1.29 is 42.9 Å². The number of carboxylic acids is 1. The van der Waals surface area contributed by atoms with Crippen molar-refractivity contribution in [3.63, 3.8) is 0 Å². The van der Waals surface area contributed by atoms with Crippen molar-refractivity contribution in [2.45, 2.75) is 125 Å². The highest BCUT2D eigenvalue weighted by molar-refractivity contribution is 6.31. The van der Waals surface area contributed by atoms with Gasteiger partial charge < -0.3 is 25.2 Å². The molecule has 5 atom stereocenters. The van der Waals surface area contributed by atoms with Crippen LogP contribution in [0.15, 0.2) is 59.4 Å². The largest absolute Gasteiger partial charge is 0.480 e. The quantitative estimate of drug-likeness (QED) is 0.0627. The van der Waals surface area contributed by atoms with Gasteiger partial charge in [0.2, 0.25) is 23.6 Å². The van der Waals surface area contributed by atoms with Crippen LogP contribution in [0.3, 0.4) is 0 Å². The highest BCUT2D eigenvalue weighted by atomic mass is 35.5. The number of ether oxygens (including phenoxy) is 2. The number of benzene rings is 3. The van der Waals surface area contributed by atoms with Gasteiger partial charge in [-0.05, 0) is 111 Å². The van der Waals surface area contributed by atoms with Gasteiger partial charge in [-0.2, -0.15) is 0 Å². The molecular weight excluding hydrogens is 1010 g/mol. The molecule has 1 unspecified atom stereocenters. The van der Waals surface area contributed by atoms with Crippen molar-refractivity contribution in [3.8, 4) is 0 Å². The van der Waals surface area contributed by atoms with E-state index < -0.39 is 52.7 Å². The van der Waals surface area contributed by atoms with Crippen molar-refractivity contribution in [3.05, 3.63) is 97.6 Å². The van der Waals surface area contributed by atoms with E-state index in [4.69, 9.17) is 32.7 Å². The molecule has 20 heteroatoms. The third kappa shape index (κ3) is 10.3. The Labute approximate surface area is 445 Å². The molecule has 4 aromatic rings. The average Bonchev–Trinajstić information content (AvgIpc) is 4.06. The van der Waals surface area contributed by atoms with Crippen LogP contribution in [0.1, 0.15) is 106 Å². The van der Waals surface area contributed by atoms with Gasteiger partial charge in [-0.3, -0.25) is 53.5 Å². The van der Waals surface area contributed by atoms with Gasteiger partial charge in [-0.15, -0.1) is 0 Å². The molecule has 3 saturated heterocycles. The predicted molar refractivity (Wildman–Crippen MR) is 281 cm³/mol. The van der Waals surface area contributed by atoms with Crippen LogP contribution in [0.5, 0.6) is 0 Å². The number of hydrogen-bond donors (Lipinski definition) is 5. The number of amides is 4. The van der Waals surface area contributed by atoms with Crippen LogP contribution in [0.4, 0.5) is 10.1 Å². The molecule has 402 valence electrons. The number of imidazole rings is 1.